The molecule has 1 aromatic heterocycles. The van der Waals surface area contributed by atoms with Gasteiger partial charge in [-0.1, -0.05) is 0 Å². The minimum Gasteiger partial charge on any atom is -0.496 e. The van der Waals surface area contributed by atoms with Gasteiger partial charge in [0, 0.05) is 25.1 Å². The van der Waals surface area contributed by atoms with Crippen LogP contribution in [-0.4, -0.2) is 40.9 Å². The number of hydrogen-bond donors (Lipinski definition) is 1. The Labute approximate surface area is 147 Å². The van der Waals surface area contributed by atoms with Crippen LogP contribution in [0.25, 0.3) is 0 Å². The van der Waals surface area contributed by atoms with E-state index in [0.29, 0.717) is 24.5 Å². The largest absolute Gasteiger partial charge is 0.496 e. The highest BCUT2D eigenvalue weighted by atomic mass is 16.5. The highest BCUT2D eigenvalue weighted by Crippen LogP contribution is 2.24. The Hall–Kier alpha value is -2.41. The molecule has 1 aliphatic rings. The lowest BCUT2D eigenvalue weighted by molar-refractivity contribution is 0.0926. The number of carbonyl (C=O) groups is 1. The predicted molar refractivity (Wildman–Crippen MR) is 92.8 cm³/mol. The molecule has 1 aliphatic heterocycles. The molecular weight excluding hydrogens is 320 g/mol. The first kappa shape index (κ1) is 17.4. The quantitative estimate of drug-likeness (QED) is 0.895. The molecule has 0 saturated carbocycles. The molecule has 0 saturated heterocycles. The van der Waals surface area contributed by atoms with Crippen molar-refractivity contribution in [2.45, 2.75) is 45.9 Å². The van der Waals surface area contributed by atoms with Crippen LogP contribution in [0.1, 0.15) is 39.6 Å². The Morgan fingerprint density at radius 2 is 2.04 bits per heavy atom. The second-order valence-corrected chi connectivity index (χ2v) is 6.41. The Morgan fingerprint density at radius 1 is 1.32 bits per heavy atom. The van der Waals surface area contributed by atoms with Gasteiger partial charge in [0.2, 0.25) is 0 Å². The number of amides is 1. The van der Waals surface area contributed by atoms with Crippen LogP contribution in [0.3, 0.4) is 0 Å². The van der Waals surface area contributed by atoms with E-state index in [4.69, 9.17) is 9.47 Å². The first-order valence-corrected chi connectivity index (χ1v) is 8.39. The standard InChI is InChI=1S/C18H24N4O3/c1-11-7-13(8-12(2)17(11)25-4)18(23)19-14-5-6-16-20-15(10-24-3)21-22(16)9-14/h7-8,14H,5-6,9-10H2,1-4H3,(H,19,23)/t14-/m1/s1. The highest BCUT2D eigenvalue weighted by Gasteiger charge is 2.23. The van der Waals surface area contributed by atoms with Crippen LogP contribution in [-0.2, 0) is 24.3 Å². The van der Waals surface area contributed by atoms with Crippen molar-refractivity contribution in [1.82, 2.24) is 20.1 Å². The van der Waals surface area contributed by atoms with Crippen molar-refractivity contribution in [2.24, 2.45) is 0 Å². The number of aromatic nitrogens is 3. The molecule has 1 amide bonds. The van der Waals surface area contributed by atoms with Crippen LogP contribution in [0.4, 0.5) is 0 Å². The molecular formula is C18H24N4O3. The van der Waals surface area contributed by atoms with E-state index in [1.165, 1.54) is 0 Å². The number of carbonyl (C=O) groups excluding carboxylic acids is 1. The van der Waals surface area contributed by atoms with E-state index in [0.717, 1.165) is 35.5 Å². The molecule has 7 heteroatoms. The average molecular weight is 344 g/mol. The van der Waals surface area contributed by atoms with Crippen LogP contribution in [0.5, 0.6) is 5.75 Å². The molecule has 0 aliphatic carbocycles. The summed E-state index contributed by atoms with van der Waals surface area (Å²) in [6.07, 6.45) is 1.65. The molecule has 0 radical (unpaired) electrons. The van der Waals surface area contributed by atoms with Crippen molar-refractivity contribution in [1.29, 1.82) is 0 Å². The maximum atomic E-state index is 12.6. The van der Waals surface area contributed by atoms with Crippen molar-refractivity contribution in [2.75, 3.05) is 14.2 Å². The summed E-state index contributed by atoms with van der Waals surface area (Å²) < 4.78 is 12.3. The first-order valence-electron chi connectivity index (χ1n) is 8.39. The van der Waals surface area contributed by atoms with Gasteiger partial charge in [-0.05, 0) is 43.5 Å². The molecule has 0 fully saturated rings. The number of nitrogens with one attached hydrogen (secondary N) is 1. The summed E-state index contributed by atoms with van der Waals surface area (Å²) >= 11 is 0. The number of methoxy groups -OCH3 is 2. The summed E-state index contributed by atoms with van der Waals surface area (Å²) in [4.78, 5) is 17.1. The van der Waals surface area contributed by atoms with Gasteiger partial charge in [-0.15, -0.1) is 0 Å². The van der Waals surface area contributed by atoms with E-state index in [1.54, 1.807) is 14.2 Å². The number of benzene rings is 1. The monoisotopic (exact) mass is 344 g/mol. The molecule has 1 N–H and O–H groups in total. The van der Waals surface area contributed by atoms with E-state index >= 15 is 0 Å². The first-order chi connectivity index (χ1) is 12.0. The SMILES string of the molecule is COCc1nc2n(n1)C[C@H](NC(=O)c1cc(C)c(OC)c(C)c1)CC2. The number of fused-ring (bicyclic) bond motifs is 1. The third kappa shape index (κ3) is 3.66. The molecule has 2 aromatic rings. The lowest BCUT2D eigenvalue weighted by Gasteiger charge is -2.23. The molecule has 134 valence electrons. The topological polar surface area (TPSA) is 78.3 Å². The van der Waals surface area contributed by atoms with Crippen molar-refractivity contribution in [3.63, 3.8) is 0 Å². The molecule has 1 atom stereocenters. The lowest BCUT2D eigenvalue weighted by atomic mass is 10.0. The predicted octanol–water partition coefficient (Wildman–Crippen LogP) is 1.79. The summed E-state index contributed by atoms with van der Waals surface area (Å²) in [5.74, 6) is 2.39. The zero-order chi connectivity index (χ0) is 18.0. The third-order valence-electron chi connectivity index (χ3n) is 4.44. The van der Waals surface area contributed by atoms with Gasteiger partial charge in [-0.25, -0.2) is 9.67 Å². The molecule has 7 nitrogen and oxygen atoms in total. The molecule has 0 bridgehead atoms. The summed E-state index contributed by atoms with van der Waals surface area (Å²) in [5, 5.41) is 7.54. The number of nitrogens with zero attached hydrogens (tertiary/aromatic N) is 3. The zero-order valence-corrected chi connectivity index (χ0v) is 15.1. The maximum absolute atomic E-state index is 12.6. The van der Waals surface area contributed by atoms with E-state index in [-0.39, 0.29) is 11.9 Å². The molecule has 3 rings (SSSR count). The zero-order valence-electron chi connectivity index (χ0n) is 15.1. The van der Waals surface area contributed by atoms with E-state index in [2.05, 4.69) is 15.4 Å². The molecule has 0 unspecified atom stereocenters. The second kappa shape index (κ2) is 7.23. The second-order valence-electron chi connectivity index (χ2n) is 6.41. The summed E-state index contributed by atoms with van der Waals surface area (Å²) in [5.41, 5.74) is 2.57. The molecule has 1 aromatic carbocycles. The van der Waals surface area contributed by atoms with Crippen molar-refractivity contribution in [3.05, 3.63) is 40.5 Å². The Morgan fingerprint density at radius 3 is 2.68 bits per heavy atom. The Bertz CT molecular complexity index is 762. The van der Waals surface area contributed by atoms with Crippen LogP contribution in [0.2, 0.25) is 0 Å². The van der Waals surface area contributed by atoms with Crippen LogP contribution < -0.4 is 10.1 Å². The van der Waals surface area contributed by atoms with Gasteiger partial charge in [0.15, 0.2) is 5.82 Å². The van der Waals surface area contributed by atoms with Gasteiger partial charge in [0.05, 0.1) is 13.7 Å². The van der Waals surface area contributed by atoms with Crippen molar-refractivity contribution in [3.8, 4) is 5.75 Å². The van der Waals surface area contributed by atoms with Crippen LogP contribution in [0.15, 0.2) is 12.1 Å². The van der Waals surface area contributed by atoms with Crippen molar-refractivity contribution < 1.29 is 14.3 Å². The fraction of sp³-hybridized carbons (Fsp3) is 0.500. The minimum absolute atomic E-state index is 0.0415. The lowest BCUT2D eigenvalue weighted by Crippen LogP contribution is -2.41. The molecule has 25 heavy (non-hydrogen) atoms. The van der Waals surface area contributed by atoms with E-state index in [9.17, 15) is 4.79 Å². The van der Waals surface area contributed by atoms with Gasteiger partial charge in [-0.3, -0.25) is 4.79 Å². The summed E-state index contributed by atoms with van der Waals surface area (Å²) in [7, 11) is 3.27. The number of aryl methyl sites for hydroxylation is 3. The average Bonchev–Trinajstić information content (AvgIpc) is 2.96. The highest BCUT2D eigenvalue weighted by molar-refractivity contribution is 5.95. The maximum Gasteiger partial charge on any atom is 0.251 e. The summed E-state index contributed by atoms with van der Waals surface area (Å²) in [6, 6.07) is 3.77. The Balaban J connectivity index is 1.69. The molecule has 0 spiro atoms. The van der Waals surface area contributed by atoms with Gasteiger partial charge in [0.25, 0.3) is 5.91 Å². The smallest absolute Gasteiger partial charge is 0.251 e. The minimum atomic E-state index is -0.0699. The third-order valence-corrected chi connectivity index (χ3v) is 4.44. The summed E-state index contributed by atoms with van der Waals surface area (Å²) in [6.45, 7) is 4.93. The normalized spacial score (nSPS) is 16.4. The Kier molecular flexibility index (Phi) is 5.03. The number of ether oxygens (including phenoxy) is 2. The molecule has 2 heterocycles. The number of hydrogen-bond acceptors (Lipinski definition) is 5. The van der Waals surface area contributed by atoms with Crippen LogP contribution >= 0.6 is 0 Å². The fourth-order valence-corrected chi connectivity index (χ4v) is 3.34. The van der Waals surface area contributed by atoms with Gasteiger partial charge in [0.1, 0.15) is 18.2 Å². The fourth-order valence-electron chi connectivity index (χ4n) is 3.34. The van der Waals surface area contributed by atoms with Crippen molar-refractivity contribution >= 4 is 5.91 Å². The van der Waals surface area contributed by atoms with Crippen LogP contribution in [0, 0.1) is 13.8 Å². The van der Waals surface area contributed by atoms with E-state index < -0.39 is 0 Å². The van der Waals surface area contributed by atoms with Gasteiger partial charge >= 0.3 is 0 Å². The van der Waals surface area contributed by atoms with Gasteiger partial charge < -0.3 is 14.8 Å². The van der Waals surface area contributed by atoms with E-state index in [1.807, 2.05) is 30.7 Å². The number of rotatable bonds is 5. The van der Waals surface area contributed by atoms with Gasteiger partial charge in [-0.2, -0.15) is 5.10 Å².